The van der Waals surface area contributed by atoms with E-state index in [4.69, 9.17) is 10.00 Å². The largest absolute Gasteiger partial charge is 0.378 e. The quantitative estimate of drug-likeness (QED) is 0.652. The molecule has 1 aromatic heterocycles. The Bertz CT molecular complexity index is 541. The van der Waals surface area contributed by atoms with Crippen LogP contribution in [0.1, 0.15) is 25.3 Å². The van der Waals surface area contributed by atoms with Crippen LogP contribution in [0.4, 0.5) is 11.5 Å². The maximum Gasteiger partial charge on any atom is 0.312 e. The van der Waals surface area contributed by atoms with Gasteiger partial charge in [-0.25, -0.2) is 4.98 Å². The van der Waals surface area contributed by atoms with E-state index in [2.05, 4.69) is 17.2 Å². The molecule has 1 saturated heterocycles. The van der Waals surface area contributed by atoms with E-state index in [1.54, 1.807) is 0 Å². The van der Waals surface area contributed by atoms with Crippen LogP contribution in [-0.4, -0.2) is 29.2 Å². The van der Waals surface area contributed by atoms with Crippen LogP contribution >= 0.6 is 0 Å². The van der Waals surface area contributed by atoms with Gasteiger partial charge in [0.25, 0.3) is 0 Å². The molecule has 2 atom stereocenters. The number of nitrogens with one attached hydrogen (secondary N) is 1. The van der Waals surface area contributed by atoms with Crippen LogP contribution in [0.3, 0.4) is 0 Å². The van der Waals surface area contributed by atoms with Crippen molar-refractivity contribution in [1.82, 2.24) is 4.98 Å². The molecule has 0 aliphatic carbocycles. The Morgan fingerprint density at radius 1 is 1.70 bits per heavy atom. The lowest BCUT2D eigenvalue weighted by Crippen LogP contribution is -2.23. The standard InChI is InChI=1S/C13H16N4O3/c1-2-12-10(3-4-20-12)8-16-13-11(17(18)19)5-9(6-14)7-15-13/h5,7,10,12H,2-4,8H2,1H3,(H,15,16). The number of hydrogen-bond donors (Lipinski definition) is 1. The van der Waals surface area contributed by atoms with Gasteiger partial charge in [-0.3, -0.25) is 10.1 Å². The predicted molar refractivity (Wildman–Crippen MR) is 72.2 cm³/mol. The Labute approximate surface area is 116 Å². The van der Waals surface area contributed by atoms with Crippen molar-refractivity contribution >= 4 is 11.5 Å². The summed E-state index contributed by atoms with van der Waals surface area (Å²) >= 11 is 0. The van der Waals surface area contributed by atoms with Gasteiger partial charge >= 0.3 is 5.69 Å². The summed E-state index contributed by atoms with van der Waals surface area (Å²) in [6.45, 7) is 3.37. The summed E-state index contributed by atoms with van der Waals surface area (Å²) in [6, 6.07) is 3.08. The first-order valence-corrected chi connectivity index (χ1v) is 6.55. The third-order valence-corrected chi connectivity index (χ3v) is 3.47. The highest BCUT2D eigenvalue weighted by atomic mass is 16.6. The van der Waals surface area contributed by atoms with Gasteiger partial charge in [0.1, 0.15) is 6.07 Å². The number of aromatic nitrogens is 1. The zero-order valence-corrected chi connectivity index (χ0v) is 11.2. The molecule has 0 radical (unpaired) electrons. The van der Waals surface area contributed by atoms with Crippen LogP contribution < -0.4 is 5.32 Å². The second-order valence-electron chi connectivity index (χ2n) is 4.71. The Morgan fingerprint density at radius 2 is 2.50 bits per heavy atom. The molecular formula is C13H16N4O3. The smallest absolute Gasteiger partial charge is 0.312 e. The number of nitro groups is 1. The fourth-order valence-electron chi connectivity index (χ4n) is 2.39. The molecule has 2 heterocycles. The summed E-state index contributed by atoms with van der Waals surface area (Å²) in [5, 5.41) is 22.8. The molecule has 2 rings (SSSR count). The molecule has 2 unspecified atom stereocenters. The maximum atomic E-state index is 11.0. The minimum atomic E-state index is -0.529. The monoisotopic (exact) mass is 276 g/mol. The van der Waals surface area contributed by atoms with Crippen LogP contribution in [0.15, 0.2) is 12.3 Å². The van der Waals surface area contributed by atoms with Crippen molar-refractivity contribution in [1.29, 1.82) is 5.26 Å². The summed E-state index contributed by atoms with van der Waals surface area (Å²) in [7, 11) is 0. The average Bonchev–Trinajstić information content (AvgIpc) is 2.92. The predicted octanol–water partition coefficient (Wildman–Crippen LogP) is 2.09. The lowest BCUT2D eigenvalue weighted by Gasteiger charge is -2.17. The minimum Gasteiger partial charge on any atom is -0.378 e. The molecule has 1 N–H and O–H groups in total. The van der Waals surface area contributed by atoms with Gasteiger partial charge in [0.05, 0.1) is 16.6 Å². The molecule has 7 heteroatoms. The first-order chi connectivity index (χ1) is 9.65. The van der Waals surface area contributed by atoms with Crippen molar-refractivity contribution in [2.75, 3.05) is 18.5 Å². The summed E-state index contributed by atoms with van der Waals surface area (Å²) in [5.41, 5.74) is 0.00824. The molecule has 0 aromatic carbocycles. The lowest BCUT2D eigenvalue weighted by atomic mass is 10.00. The normalized spacial score (nSPS) is 21.4. The number of hydrogen-bond acceptors (Lipinski definition) is 6. The van der Waals surface area contributed by atoms with Gasteiger partial charge in [0.15, 0.2) is 0 Å². The van der Waals surface area contributed by atoms with Gasteiger partial charge in [-0.2, -0.15) is 5.26 Å². The Kier molecular flexibility index (Phi) is 4.48. The van der Waals surface area contributed by atoms with Crippen molar-refractivity contribution in [3.05, 3.63) is 27.9 Å². The number of pyridine rings is 1. The lowest BCUT2D eigenvalue weighted by molar-refractivity contribution is -0.384. The molecule has 1 aromatic rings. The van der Waals surface area contributed by atoms with Crippen LogP contribution in [-0.2, 0) is 4.74 Å². The summed E-state index contributed by atoms with van der Waals surface area (Å²) in [5.74, 6) is 0.535. The van der Waals surface area contributed by atoms with Gasteiger partial charge in [0.2, 0.25) is 5.82 Å². The first kappa shape index (κ1) is 14.2. The highest BCUT2D eigenvalue weighted by Gasteiger charge is 2.27. The minimum absolute atomic E-state index is 0.170. The van der Waals surface area contributed by atoms with E-state index >= 15 is 0 Å². The summed E-state index contributed by atoms with van der Waals surface area (Å²) in [4.78, 5) is 14.4. The molecule has 0 bridgehead atoms. The Balaban J connectivity index is 2.09. The van der Waals surface area contributed by atoms with Crippen molar-refractivity contribution in [2.45, 2.75) is 25.9 Å². The van der Waals surface area contributed by atoms with Gasteiger partial charge in [0, 0.05) is 31.3 Å². The summed E-state index contributed by atoms with van der Waals surface area (Å²) in [6.07, 6.45) is 3.39. The highest BCUT2D eigenvalue weighted by Crippen LogP contribution is 2.26. The van der Waals surface area contributed by atoms with E-state index in [1.165, 1.54) is 12.3 Å². The maximum absolute atomic E-state index is 11.0. The third kappa shape index (κ3) is 3.03. The number of ether oxygens (including phenoxy) is 1. The van der Waals surface area contributed by atoms with Crippen molar-refractivity contribution in [3.63, 3.8) is 0 Å². The fourth-order valence-corrected chi connectivity index (χ4v) is 2.39. The fraction of sp³-hybridized carbons (Fsp3) is 0.538. The molecule has 1 fully saturated rings. The second-order valence-corrected chi connectivity index (χ2v) is 4.71. The SMILES string of the molecule is CCC1OCCC1CNc1ncc(C#N)cc1[N+](=O)[O-]. The third-order valence-electron chi connectivity index (χ3n) is 3.47. The number of nitrogens with zero attached hydrogens (tertiary/aromatic N) is 3. The molecule has 7 nitrogen and oxygen atoms in total. The van der Waals surface area contributed by atoms with Crippen LogP contribution in [0.2, 0.25) is 0 Å². The zero-order chi connectivity index (χ0) is 14.5. The highest BCUT2D eigenvalue weighted by molar-refractivity contribution is 5.58. The molecule has 1 aliphatic heterocycles. The molecule has 0 amide bonds. The number of anilines is 1. The van der Waals surface area contributed by atoms with Gasteiger partial charge in [-0.05, 0) is 12.8 Å². The molecule has 1 aliphatic rings. The number of nitriles is 1. The van der Waals surface area contributed by atoms with Crippen LogP contribution in [0.5, 0.6) is 0 Å². The van der Waals surface area contributed by atoms with E-state index in [0.29, 0.717) is 12.5 Å². The zero-order valence-electron chi connectivity index (χ0n) is 11.2. The molecule has 106 valence electrons. The molecule has 0 saturated carbocycles. The molecule has 0 spiro atoms. The average molecular weight is 276 g/mol. The van der Waals surface area contributed by atoms with Crippen molar-refractivity contribution < 1.29 is 9.66 Å². The first-order valence-electron chi connectivity index (χ1n) is 6.55. The van der Waals surface area contributed by atoms with E-state index < -0.39 is 4.92 Å². The van der Waals surface area contributed by atoms with Crippen LogP contribution in [0.25, 0.3) is 0 Å². The van der Waals surface area contributed by atoms with E-state index in [9.17, 15) is 10.1 Å². The number of rotatable bonds is 5. The van der Waals surface area contributed by atoms with Crippen molar-refractivity contribution in [3.8, 4) is 6.07 Å². The van der Waals surface area contributed by atoms with Gasteiger partial charge in [-0.15, -0.1) is 0 Å². The topological polar surface area (TPSA) is 101 Å². The molecular weight excluding hydrogens is 260 g/mol. The molecule has 20 heavy (non-hydrogen) atoms. The summed E-state index contributed by atoms with van der Waals surface area (Å²) < 4.78 is 5.58. The van der Waals surface area contributed by atoms with E-state index in [1.807, 2.05) is 6.07 Å². The van der Waals surface area contributed by atoms with E-state index in [-0.39, 0.29) is 23.2 Å². The van der Waals surface area contributed by atoms with Crippen molar-refractivity contribution in [2.24, 2.45) is 5.92 Å². The second kappa shape index (κ2) is 6.30. The van der Waals surface area contributed by atoms with Crippen LogP contribution in [0, 0.1) is 27.4 Å². The Morgan fingerprint density at radius 3 is 3.15 bits per heavy atom. The Hall–Kier alpha value is -2.20. The van der Waals surface area contributed by atoms with Gasteiger partial charge in [-0.1, -0.05) is 6.92 Å². The van der Waals surface area contributed by atoms with E-state index in [0.717, 1.165) is 19.4 Å². The van der Waals surface area contributed by atoms with Gasteiger partial charge < -0.3 is 10.1 Å².